The van der Waals surface area contributed by atoms with Crippen LogP contribution in [0.3, 0.4) is 0 Å². The molecule has 7 nitrogen and oxygen atoms in total. The van der Waals surface area contributed by atoms with Gasteiger partial charge in [0.15, 0.2) is 5.65 Å². The number of nitrogens with two attached hydrogens (primary N) is 1. The largest absolute Gasteiger partial charge is 0.383 e. The normalized spacial score (nSPS) is 11.9. The van der Waals surface area contributed by atoms with Crippen LogP contribution in [0.1, 0.15) is 20.8 Å². The third kappa shape index (κ3) is 3.81. The summed E-state index contributed by atoms with van der Waals surface area (Å²) in [5.74, 6) is 0.326. The number of anilines is 2. The lowest BCUT2D eigenvalue weighted by Crippen LogP contribution is -2.24. The van der Waals surface area contributed by atoms with E-state index in [1.807, 2.05) is 20.8 Å². The summed E-state index contributed by atoms with van der Waals surface area (Å²) >= 11 is 5.97. The Morgan fingerprint density at radius 3 is 2.67 bits per heavy atom. The van der Waals surface area contributed by atoms with Gasteiger partial charge in [-0.2, -0.15) is 4.98 Å². The number of halogens is 2. The van der Waals surface area contributed by atoms with Gasteiger partial charge >= 0.3 is 0 Å². The lowest BCUT2D eigenvalue weighted by molar-refractivity contribution is 0.210. The highest BCUT2D eigenvalue weighted by Crippen LogP contribution is 2.35. The van der Waals surface area contributed by atoms with Crippen molar-refractivity contribution < 1.29 is 9.13 Å². The average Bonchev–Trinajstić information content (AvgIpc) is 2.94. The molecule has 0 aliphatic heterocycles. The zero-order valence-electron chi connectivity index (χ0n) is 15.7. The van der Waals surface area contributed by atoms with E-state index in [2.05, 4.69) is 20.4 Å². The maximum Gasteiger partial charge on any atom is 0.225 e. The number of nitrogens with one attached hydrogen (secondary N) is 1. The first-order valence-electron chi connectivity index (χ1n) is 8.47. The monoisotopic (exact) mass is 392 g/mol. The van der Waals surface area contributed by atoms with Gasteiger partial charge < -0.3 is 15.8 Å². The molecule has 3 rings (SSSR count). The van der Waals surface area contributed by atoms with Crippen molar-refractivity contribution in [1.29, 1.82) is 0 Å². The molecule has 3 aromatic rings. The highest BCUT2D eigenvalue weighted by Gasteiger charge is 2.24. The molecule has 0 aliphatic rings. The zero-order valence-corrected chi connectivity index (χ0v) is 16.4. The second-order valence-electron chi connectivity index (χ2n) is 7.11. The summed E-state index contributed by atoms with van der Waals surface area (Å²) in [5.41, 5.74) is 7.65. The van der Waals surface area contributed by atoms with Gasteiger partial charge in [-0.1, -0.05) is 11.6 Å². The fourth-order valence-electron chi connectivity index (χ4n) is 2.72. The smallest absolute Gasteiger partial charge is 0.225 e. The molecule has 144 valence electrons. The van der Waals surface area contributed by atoms with Crippen LogP contribution in [0.5, 0.6) is 0 Å². The number of benzene rings is 1. The lowest BCUT2D eigenvalue weighted by Gasteiger charge is -2.20. The number of hydrogen-bond donors (Lipinski definition) is 2. The predicted molar refractivity (Wildman–Crippen MR) is 106 cm³/mol. The molecule has 2 aromatic heterocycles. The zero-order chi connectivity index (χ0) is 19.8. The summed E-state index contributed by atoms with van der Waals surface area (Å²) in [6.45, 7) is 7.01. The maximum absolute atomic E-state index is 13.6. The number of ether oxygens (including phenoxy) is 1. The van der Waals surface area contributed by atoms with Crippen molar-refractivity contribution in [3.63, 3.8) is 0 Å². The molecular formula is C18H22ClFN6O. The van der Waals surface area contributed by atoms with Crippen molar-refractivity contribution >= 4 is 34.4 Å². The Morgan fingerprint density at radius 1 is 1.30 bits per heavy atom. The quantitative estimate of drug-likeness (QED) is 0.643. The van der Waals surface area contributed by atoms with E-state index < -0.39 is 5.82 Å². The highest BCUT2D eigenvalue weighted by molar-refractivity contribution is 6.31. The fraction of sp³-hybridized carbons (Fsp3) is 0.389. The molecule has 0 bridgehead atoms. The van der Waals surface area contributed by atoms with Crippen LogP contribution in [0.4, 0.5) is 16.2 Å². The van der Waals surface area contributed by atoms with Gasteiger partial charge in [0, 0.05) is 19.2 Å². The number of nitrogens with zero attached hydrogens (tertiary/aromatic N) is 4. The van der Waals surface area contributed by atoms with Crippen molar-refractivity contribution in [2.75, 3.05) is 31.3 Å². The van der Waals surface area contributed by atoms with E-state index in [4.69, 9.17) is 22.1 Å². The van der Waals surface area contributed by atoms with E-state index >= 15 is 0 Å². The molecule has 9 heteroatoms. The molecule has 0 amide bonds. The second kappa shape index (κ2) is 7.28. The Labute approximate surface area is 161 Å². The number of fused-ring (bicyclic) bond motifs is 1. The molecular weight excluding hydrogens is 371 g/mol. The van der Waals surface area contributed by atoms with Gasteiger partial charge in [0.1, 0.15) is 11.6 Å². The Balaban J connectivity index is 2.23. The highest BCUT2D eigenvalue weighted by atomic mass is 35.5. The van der Waals surface area contributed by atoms with Gasteiger partial charge in [-0.25, -0.2) is 14.1 Å². The van der Waals surface area contributed by atoms with E-state index in [0.29, 0.717) is 47.2 Å². The summed E-state index contributed by atoms with van der Waals surface area (Å²) in [4.78, 5) is 9.05. The minimum absolute atomic E-state index is 0.00920. The molecule has 0 radical (unpaired) electrons. The van der Waals surface area contributed by atoms with Gasteiger partial charge in [-0.3, -0.25) is 0 Å². The first-order chi connectivity index (χ1) is 12.7. The van der Waals surface area contributed by atoms with Crippen molar-refractivity contribution in [3.05, 3.63) is 29.0 Å². The van der Waals surface area contributed by atoms with Crippen molar-refractivity contribution in [2.24, 2.45) is 0 Å². The number of methoxy groups -OCH3 is 1. The Hall–Kier alpha value is -2.45. The number of rotatable bonds is 5. The Bertz CT molecular complexity index is 982. The Morgan fingerprint density at radius 2 is 2.04 bits per heavy atom. The van der Waals surface area contributed by atoms with Crippen LogP contribution in [0.25, 0.3) is 22.3 Å². The summed E-state index contributed by atoms with van der Waals surface area (Å²) < 4.78 is 20.4. The van der Waals surface area contributed by atoms with Crippen LogP contribution in [0.15, 0.2) is 18.2 Å². The summed E-state index contributed by atoms with van der Waals surface area (Å²) in [7, 11) is 1.61. The van der Waals surface area contributed by atoms with Gasteiger partial charge in [-0.05, 0) is 39.0 Å². The molecule has 2 heterocycles. The second-order valence-corrected chi connectivity index (χ2v) is 7.52. The van der Waals surface area contributed by atoms with Crippen LogP contribution < -0.4 is 11.1 Å². The summed E-state index contributed by atoms with van der Waals surface area (Å²) in [6, 6.07) is 4.43. The molecule has 0 aliphatic carbocycles. The van der Waals surface area contributed by atoms with E-state index in [0.717, 1.165) is 0 Å². The minimum Gasteiger partial charge on any atom is -0.383 e. The van der Waals surface area contributed by atoms with Crippen molar-refractivity contribution in [3.8, 4) is 11.3 Å². The lowest BCUT2D eigenvalue weighted by atomic mass is 10.1. The van der Waals surface area contributed by atoms with Gasteiger partial charge in [0.2, 0.25) is 5.95 Å². The topological polar surface area (TPSA) is 90.9 Å². The van der Waals surface area contributed by atoms with Crippen LogP contribution in [-0.4, -0.2) is 40.0 Å². The minimum atomic E-state index is -0.498. The van der Waals surface area contributed by atoms with Crippen molar-refractivity contribution in [1.82, 2.24) is 19.7 Å². The molecule has 1 aromatic carbocycles. The molecule has 0 unspecified atom stereocenters. The molecule has 0 spiro atoms. The standard InChI is InChI=1S/C18H22ClFN6O/c1-18(2,3)26-15(21)13-14(10-5-6-12(20)11(19)9-10)23-17(22-7-8-27-4)24-16(13)25-26/h5-6,9H,7-8,21H2,1-4H3,(H,22,24,25). The number of hydrogen-bond acceptors (Lipinski definition) is 6. The maximum atomic E-state index is 13.6. The molecule has 0 atom stereocenters. The molecule has 0 saturated heterocycles. The summed E-state index contributed by atoms with van der Waals surface area (Å²) in [6.07, 6.45) is 0. The van der Waals surface area contributed by atoms with Crippen LogP contribution >= 0.6 is 11.6 Å². The van der Waals surface area contributed by atoms with Crippen LogP contribution in [0.2, 0.25) is 5.02 Å². The summed E-state index contributed by atoms with van der Waals surface area (Å²) in [5, 5.41) is 8.27. The van der Waals surface area contributed by atoms with Crippen molar-refractivity contribution in [2.45, 2.75) is 26.3 Å². The van der Waals surface area contributed by atoms with E-state index in [9.17, 15) is 4.39 Å². The third-order valence-electron chi connectivity index (χ3n) is 3.99. The van der Waals surface area contributed by atoms with E-state index in [-0.39, 0.29) is 10.6 Å². The van der Waals surface area contributed by atoms with Gasteiger partial charge in [0.25, 0.3) is 0 Å². The van der Waals surface area contributed by atoms with Crippen LogP contribution in [-0.2, 0) is 10.3 Å². The Kier molecular flexibility index (Phi) is 5.21. The molecule has 3 N–H and O–H groups in total. The molecule has 27 heavy (non-hydrogen) atoms. The number of nitrogen functional groups attached to an aromatic ring is 1. The van der Waals surface area contributed by atoms with E-state index in [1.165, 1.54) is 12.1 Å². The molecule has 0 saturated carbocycles. The predicted octanol–water partition coefficient (Wildman–Crippen LogP) is 3.68. The fourth-order valence-corrected chi connectivity index (χ4v) is 2.90. The van der Waals surface area contributed by atoms with E-state index in [1.54, 1.807) is 17.9 Å². The molecule has 0 fully saturated rings. The third-order valence-corrected chi connectivity index (χ3v) is 4.28. The van der Waals surface area contributed by atoms with Gasteiger partial charge in [-0.15, -0.1) is 5.10 Å². The average molecular weight is 393 g/mol. The van der Waals surface area contributed by atoms with Crippen LogP contribution in [0, 0.1) is 5.82 Å². The number of aromatic nitrogens is 4. The van der Waals surface area contributed by atoms with Gasteiger partial charge in [0.05, 0.1) is 28.2 Å². The first kappa shape index (κ1) is 19.3. The SMILES string of the molecule is COCCNc1nc(-c2ccc(F)c(Cl)c2)c2c(N)n(C(C)(C)C)nc2n1. The first-order valence-corrected chi connectivity index (χ1v) is 8.85.